The third-order valence-corrected chi connectivity index (χ3v) is 4.03. The molecule has 0 unspecified atom stereocenters. The molecule has 0 aromatic carbocycles. The number of aliphatic imine (C=N–C) groups is 1. The molecule has 0 saturated heterocycles. The lowest BCUT2D eigenvalue weighted by Crippen LogP contribution is -2.48. The van der Waals surface area contributed by atoms with Crippen LogP contribution in [0.1, 0.15) is 52.0 Å². The monoisotopic (exact) mass is 489 g/mol. The van der Waals surface area contributed by atoms with Gasteiger partial charge in [-0.05, 0) is 52.5 Å². The van der Waals surface area contributed by atoms with Gasteiger partial charge in [-0.2, -0.15) is 0 Å². The van der Waals surface area contributed by atoms with Gasteiger partial charge in [0.15, 0.2) is 5.96 Å². The second kappa shape index (κ2) is 11.3. The number of rotatable bonds is 6. The summed E-state index contributed by atoms with van der Waals surface area (Å²) in [5.41, 5.74) is 0.722. The molecule has 0 atom stereocenters. The average molecular weight is 489 g/mol. The van der Waals surface area contributed by atoms with Crippen LogP contribution in [0.2, 0.25) is 0 Å². The fourth-order valence-electron chi connectivity index (χ4n) is 2.85. The average Bonchev–Trinajstić information content (AvgIpc) is 3.08. The number of nitrogens with zero attached hydrogens (tertiary/aromatic N) is 2. The van der Waals surface area contributed by atoms with Gasteiger partial charge in [-0.25, -0.2) is 4.98 Å². The van der Waals surface area contributed by atoms with E-state index in [2.05, 4.69) is 25.9 Å². The summed E-state index contributed by atoms with van der Waals surface area (Å²) < 4.78 is 6.05. The number of pyridine rings is 1. The summed E-state index contributed by atoms with van der Waals surface area (Å²) >= 11 is 0. The quantitative estimate of drug-likeness (QED) is 0.325. The molecular weight excluding hydrogens is 457 g/mol. The van der Waals surface area contributed by atoms with Crippen LogP contribution in [0.3, 0.4) is 0 Å². The molecule has 1 saturated carbocycles. The minimum absolute atomic E-state index is 0. The summed E-state index contributed by atoms with van der Waals surface area (Å²) in [7, 11) is 1.68. The number of hydrogen-bond acceptors (Lipinski definition) is 4. The Balaban J connectivity index is 0.00000364. The van der Waals surface area contributed by atoms with Gasteiger partial charge in [0.05, 0.1) is 6.54 Å². The molecule has 152 valence electrons. The fourth-order valence-corrected chi connectivity index (χ4v) is 2.85. The van der Waals surface area contributed by atoms with Gasteiger partial charge in [-0.1, -0.05) is 6.07 Å². The molecule has 2 rings (SSSR count). The lowest BCUT2D eigenvalue weighted by Gasteiger charge is -2.21. The molecule has 1 amide bonds. The van der Waals surface area contributed by atoms with E-state index in [1.165, 1.54) is 12.8 Å². The minimum Gasteiger partial charge on any atom is -0.474 e. The van der Waals surface area contributed by atoms with Crippen LogP contribution in [0.15, 0.2) is 23.3 Å². The van der Waals surface area contributed by atoms with Crippen LogP contribution in [-0.4, -0.2) is 42.1 Å². The van der Waals surface area contributed by atoms with E-state index in [0.29, 0.717) is 18.4 Å². The van der Waals surface area contributed by atoms with Crippen molar-refractivity contribution in [3.63, 3.8) is 0 Å². The van der Waals surface area contributed by atoms with Gasteiger partial charge < -0.3 is 20.7 Å². The molecule has 1 aliphatic rings. The first kappa shape index (κ1) is 23.5. The van der Waals surface area contributed by atoms with Crippen LogP contribution in [0, 0.1) is 0 Å². The Hall–Kier alpha value is -1.58. The van der Waals surface area contributed by atoms with E-state index in [-0.39, 0.29) is 48.1 Å². The van der Waals surface area contributed by atoms with Gasteiger partial charge >= 0.3 is 0 Å². The van der Waals surface area contributed by atoms with Gasteiger partial charge in [0.1, 0.15) is 6.10 Å². The minimum atomic E-state index is -0.252. The van der Waals surface area contributed by atoms with Gasteiger partial charge in [-0.15, -0.1) is 24.0 Å². The van der Waals surface area contributed by atoms with Crippen molar-refractivity contribution in [3.8, 4) is 5.88 Å². The summed E-state index contributed by atoms with van der Waals surface area (Å²) in [6, 6.07) is 3.88. The highest BCUT2D eigenvalue weighted by molar-refractivity contribution is 14.0. The van der Waals surface area contributed by atoms with Crippen LogP contribution in [-0.2, 0) is 11.3 Å². The Morgan fingerprint density at radius 1 is 1.30 bits per heavy atom. The molecule has 1 aromatic rings. The molecule has 1 heterocycles. The Labute approximate surface area is 179 Å². The molecule has 0 bridgehead atoms. The maximum absolute atomic E-state index is 11.9. The molecule has 27 heavy (non-hydrogen) atoms. The van der Waals surface area contributed by atoms with E-state index in [0.717, 1.165) is 18.4 Å². The molecule has 0 spiro atoms. The summed E-state index contributed by atoms with van der Waals surface area (Å²) in [6.45, 7) is 6.54. The number of aromatic nitrogens is 1. The fraction of sp³-hybridized carbons (Fsp3) is 0.632. The zero-order chi connectivity index (χ0) is 19.0. The topological polar surface area (TPSA) is 87.6 Å². The molecule has 1 aromatic heterocycles. The van der Waals surface area contributed by atoms with Crippen molar-refractivity contribution in [2.75, 3.05) is 13.6 Å². The van der Waals surface area contributed by atoms with Crippen molar-refractivity contribution in [1.82, 2.24) is 20.9 Å². The highest BCUT2D eigenvalue weighted by Gasteiger charge is 2.19. The smallest absolute Gasteiger partial charge is 0.239 e. The van der Waals surface area contributed by atoms with Crippen LogP contribution in [0.5, 0.6) is 5.88 Å². The third-order valence-electron chi connectivity index (χ3n) is 4.03. The molecule has 1 aliphatic carbocycles. The first-order chi connectivity index (χ1) is 12.4. The van der Waals surface area contributed by atoms with Crippen LogP contribution < -0.4 is 20.7 Å². The van der Waals surface area contributed by atoms with E-state index in [9.17, 15) is 4.79 Å². The first-order valence-corrected chi connectivity index (χ1v) is 9.23. The maximum Gasteiger partial charge on any atom is 0.239 e. The molecule has 1 fully saturated rings. The van der Waals surface area contributed by atoms with E-state index in [1.54, 1.807) is 13.2 Å². The van der Waals surface area contributed by atoms with Crippen molar-refractivity contribution in [1.29, 1.82) is 0 Å². The molecule has 0 aliphatic heterocycles. The van der Waals surface area contributed by atoms with Crippen LogP contribution in [0.4, 0.5) is 0 Å². The standard InChI is InChI=1S/C19H31N5O2.HI/c1-19(2,3)24-16(25)13-23-18(20-4)22-12-14-8-7-11-21-17(14)26-15-9-5-6-10-15;/h7-8,11,15H,5-6,9-10,12-13H2,1-4H3,(H,24,25)(H2,20,22,23);1H. The van der Waals surface area contributed by atoms with Crippen molar-refractivity contribution in [2.24, 2.45) is 4.99 Å². The number of nitrogens with one attached hydrogen (secondary N) is 3. The van der Waals surface area contributed by atoms with E-state index < -0.39 is 0 Å². The molecular formula is C19H32IN5O2. The number of amides is 1. The third kappa shape index (κ3) is 8.77. The number of carbonyl (C=O) groups excluding carboxylic acids is 1. The van der Waals surface area contributed by atoms with Crippen molar-refractivity contribution in [2.45, 2.75) is 64.6 Å². The zero-order valence-electron chi connectivity index (χ0n) is 16.7. The van der Waals surface area contributed by atoms with Crippen LogP contribution >= 0.6 is 24.0 Å². The zero-order valence-corrected chi connectivity index (χ0v) is 19.0. The Bertz CT molecular complexity index is 625. The van der Waals surface area contributed by atoms with Gasteiger partial charge in [0.2, 0.25) is 11.8 Å². The number of guanidine groups is 1. The summed E-state index contributed by atoms with van der Waals surface area (Å²) in [4.78, 5) is 20.4. The number of ether oxygens (including phenoxy) is 1. The molecule has 3 N–H and O–H groups in total. The molecule has 8 heteroatoms. The summed E-state index contributed by atoms with van der Waals surface area (Å²) in [6.07, 6.45) is 6.64. The van der Waals surface area contributed by atoms with Crippen LogP contribution in [0.25, 0.3) is 0 Å². The van der Waals surface area contributed by atoms with Crippen molar-refractivity contribution in [3.05, 3.63) is 23.9 Å². The van der Waals surface area contributed by atoms with Gasteiger partial charge in [0, 0.05) is 30.9 Å². The Morgan fingerprint density at radius 2 is 2.00 bits per heavy atom. The van der Waals surface area contributed by atoms with E-state index >= 15 is 0 Å². The SMILES string of the molecule is CN=C(NCC(=O)NC(C)(C)C)NCc1cccnc1OC1CCCC1.I. The number of halogens is 1. The van der Waals surface area contributed by atoms with Gasteiger partial charge in [0.25, 0.3) is 0 Å². The van der Waals surface area contributed by atoms with E-state index in [4.69, 9.17) is 4.74 Å². The second-order valence-electron chi connectivity index (χ2n) is 7.57. The normalized spacial score (nSPS) is 15.0. The molecule has 0 radical (unpaired) electrons. The van der Waals surface area contributed by atoms with E-state index in [1.807, 2.05) is 32.9 Å². The lowest BCUT2D eigenvalue weighted by atomic mass is 10.1. The van der Waals surface area contributed by atoms with Crippen molar-refractivity contribution < 1.29 is 9.53 Å². The van der Waals surface area contributed by atoms with Gasteiger partial charge in [-0.3, -0.25) is 9.79 Å². The summed E-state index contributed by atoms with van der Waals surface area (Å²) in [5, 5.41) is 9.14. The summed E-state index contributed by atoms with van der Waals surface area (Å²) in [5.74, 6) is 1.16. The number of hydrogen-bond donors (Lipinski definition) is 3. The molecule has 7 nitrogen and oxygen atoms in total. The maximum atomic E-state index is 11.9. The highest BCUT2D eigenvalue weighted by atomic mass is 127. The lowest BCUT2D eigenvalue weighted by molar-refractivity contribution is -0.121. The predicted octanol–water partition coefficient (Wildman–Crippen LogP) is 2.60. The Morgan fingerprint density at radius 3 is 2.63 bits per heavy atom. The highest BCUT2D eigenvalue weighted by Crippen LogP contribution is 2.24. The largest absolute Gasteiger partial charge is 0.474 e. The second-order valence-corrected chi connectivity index (χ2v) is 7.57. The van der Waals surface area contributed by atoms with Crippen molar-refractivity contribution >= 4 is 35.8 Å². The Kier molecular flexibility index (Phi) is 9.82. The predicted molar refractivity (Wildman–Crippen MR) is 119 cm³/mol. The number of carbonyl (C=O) groups is 1. The first-order valence-electron chi connectivity index (χ1n) is 9.23.